The van der Waals surface area contributed by atoms with Gasteiger partial charge >= 0.3 is 16.1 Å². The molecule has 4 aromatic rings. The number of aliphatic carboxylic acids is 1. The summed E-state index contributed by atoms with van der Waals surface area (Å²) in [5.74, 6) is -1.34. The first-order chi connectivity index (χ1) is 15.7. The minimum absolute atomic E-state index is 0.00485. The van der Waals surface area contributed by atoms with Crippen LogP contribution in [0.2, 0.25) is 0 Å². The van der Waals surface area contributed by atoms with Gasteiger partial charge in [0.1, 0.15) is 17.2 Å². The van der Waals surface area contributed by atoms with Crippen molar-refractivity contribution in [1.82, 2.24) is 4.57 Å². The lowest BCUT2D eigenvalue weighted by atomic mass is 10.0. The van der Waals surface area contributed by atoms with Crippen molar-refractivity contribution < 1.29 is 35.7 Å². The van der Waals surface area contributed by atoms with Gasteiger partial charge in [0, 0.05) is 22.4 Å². The van der Waals surface area contributed by atoms with Gasteiger partial charge in [0.2, 0.25) is 0 Å². The minimum Gasteiger partial charge on any atom is -0.772 e. The predicted octanol–water partition coefficient (Wildman–Crippen LogP) is 3.44. The van der Waals surface area contributed by atoms with Crippen molar-refractivity contribution in [2.75, 3.05) is 0 Å². The van der Waals surface area contributed by atoms with E-state index >= 15 is 0 Å². The molecule has 0 amide bonds. The van der Waals surface area contributed by atoms with Crippen LogP contribution in [-0.4, -0.2) is 32.8 Å². The molecule has 0 aliphatic heterocycles. The smallest absolute Gasteiger partial charge is 0.341 e. The Bertz CT molecular complexity index is 1450. The van der Waals surface area contributed by atoms with Crippen LogP contribution in [0.4, 0.5) is 0 Å². The SMILES string of the molecule is Cc1c(S(=O)(=O)Oc2ccc(CS(=O)[O-])cc2)c2c(-c3ccoc3)cccc2n1CC(=O)O. The molecule has 11 heteroatoms. The molecule has 4 rings (SSSR count). The summed E-state index contributed by atoms with van der Waals surface area (Å²) < 4.78 is 60.5. The molecule has 0 aliphatic rings. The molecule has 2 aromatic heterocycles. The number of rotatable bonds is 8. The van der Waals surface area contributed by atoms with E-state index in [4.69, 9.17) is 8.60 Å². The summed E-state index contributed by atoms with van der Waals surface area (Å²) >= 11 is -2.28. The van der Waals surface area contributed by atoms with Gasteiger partial charge in [-0.15, -0.1) is 0 Å². The average molecular weight is 489 g/mol. The van der Waals surface area contributed by atoms with Crippen molar-refractivity contribution in [1.29, 1.82) is 0 Å². The highest BCUT2D eigenvalue weighted by Gasteiger charge is 2.30. The molecule has 33 heavy (non-hydrogen) atoms. The van der Waals surface area contributed by atoms with Crippen LogP contribution in [0.25, 0.3) is 22.0 Å². The van der Waals surface area contributed by atoms with Crippen molar-refractivity contribution in [3.8, 4) is 16.9 Å². The van der Waals surface area contributed by atoms with E-state index in [0.717, 1.165) is 0 Å². The van der Waals surface area contributed by atoms with Crippen LogP contribution in [0.3, 0.4) is 0 Å². The Morgan fingerprint density at radius 3 is 2.52 bits per heavy atom. The first-order valence-corrected chi connectivity index (χ1v) is 12.3. The lowest BCUT2D eigenvalue weighted by Gasteiger charge is -2.10. The van der Waals surface area contributed by atoms with E-state index in [1.807, 2.05) is 0 Å². The second-order valence-electron chi connectivity index (χ2n) is 7.24. The van der Waals surface area contributed by atoms with Crippen molar-refractivity contribution in [2.45, 2.75) is 24.1 Å². The highest BCUT2D eigenvalue weighted by molar-refractivity contribution is 7.87. The Labute approximate surface area is 191 Å². The fourth-order valence-electron chi connectivity index (χ4n) is 3.74. The van der Waals surface area contributed by atoms with E-state index < -0.39 is 33.7 Å². The Hall–Kier alpha value is -3.41. The van der Waals surface area contributed by atoms with Crippen LogP contribution < -0.4 is 4.18 Å². The van der Waals surface area contributed by atoms with E-state index in [9.17, 15) is 27.1 Å². The first kappa shape index (κ1) is 22.8. The maximum absolute atomic E-state index is 13.4. The van der Waals surface area contributed by atoms with Crippen molar-refractivity contribution >= 4 is 38.1 Å². The topological polar surface area (TPSA) is 139 Å². The standard InChI is InChI=1S/C22H19NO8S2/c1-14-22(33(28,29)31-17-7-5-15(6-8-17)13-32(26)27)21-18(16-9-10-30-12-16)3-2-4-19(21)23(14)11-20(24)25/h2-10,12H,11,13H2,1H3,(H,24,25)(H,26,27)/p-1. The Morgan fingerprint density at radius 2 is 1.91 bits per heavy atom. The quantitative estimate of drug-likeness (QED) is 0.294. The van der Waals surface area contributed by atoms with Crippen LogP contribution in [0.5, 0.6) is 5.75 Å². The molecule has 0 bridgehead atoms. The number of carboxylic acids is 1. The minimum atomic E-state index is -4.40. The summed E-state index contributed by atoms with van der Waals surface area (Å²) in [6.45, 7) is 1.08. The molecular formula is C22H18NO8S2-. The summed E-state index contributed by atoms with van der Waals surface area (Å²) in [6, 6.07) is 12.4. The molecule has 0 fully saturated rings. The van der Waals surface area contributed by atoms with Gasteiger partial charge in [0.25, 0.3) is 0 Å². The van der Waals surface area contributed by atoms with Gasteiger partial charge in [-0.05, 0) is 42.3 Å². The van der Waals surface area contributed by atoms with Gasteiger partial charge < -0.3 is 22.8 Å². The van der Waals surface area contributed by atoms with Gasteiger partial charge in [-0.1, -0.05) is 35.3 Å². The number of hydrogen-bond acceptors (Lipinski definition) is 7. The van der Waals surface area contributed by atoms with E-state index in [2.05, 4.69) is 0 Å². The summed E-state index contributed by atoms with van der Waals surface area (Å²) in [6.07, 6.45) is 2.92. The number of benzene rings is 2. The summed E-state index contributed by atoms with van der Waals surface area (Å²) in [5, 5.41) is 9.70. The molecule has 0 saturated heterocycles. The second-order valence-corrected chi connectivity index (χ2v) is 9.61. The molecule has 0 saturated carbocycles. The van der Waals surface area contributed by atoms with Gasteiger partial charge in [-0.3, -0.25) is 9.00 Å². The Kier molecular flexibility index (Phi) is 6.11. The molecule has 1 N–H and O–H groups in total. The fourth-order valence-corrected chi connectivity index (χ4v) is 5.59. The normalized spacial score (nSPS) is 12.7. The van der Waals surface area contributed by atoms with Crippen molar-refractivity contribution in [3.63, 3.8) is 0 Å². The molecule has 172 valence electrons. The first-order valence-electron chi connectivity index (χ1n) is 9.63. The van der Waals surface area contributed by atoms with Crippen molar-refractivity contribution in [3.05, 3.63) is 72.3 Å². The molecule has 1 atom stereocenters. The number of hydrogen-bond donors (Lipinski definition) is 1. The van der Waals surface area contributed by atoms with Crippen LogP contribution in [0, 0.1) is 6.92 Å². The molecule has 0 aliphatic carbocycles. The van der Waals surface area contributed by atoms with Gasteiger partial charge in [0.15, 0.2) is 0 Å². The molecule has 9 nitrogen and oxygen atoms in total. The molecule has 1 unspecified atom stereocenters. The molecule has 0 spiro atoms. The van der Waals surface area contributed by atoms with Crippen LogP contribution >= 0.6 is 0 Å². The molecular weight excluding hydrogens is 470 g/mol. The number of carbonyl (C=O) groups is 1. The number of carboxylic acid groups (broad SMARTS) is 1. The van der Waals surface area contributed by atoms with Gasteiger partial charge in [0.05, 0.1) is 18.0 Å². The summed E-state index contributed by atoms with van der Waals surface area (Å²) in [7, 11) is -4.40. The lowest BCUT2D eigenvalue weighted by Crippen LogP contribution is -2.13. The fraction of sp³-hybridized carbons (Fsp3) is 0.136. The van der Waals surface area contributed by atoms with E-state index in [1.54, 1.807) is 24.3 Å². The maximum atomic E-state index is 13.4. The highest BCUT2D eigenvalue weighted by atomic mass is 32.2. The average Bonchev–Trinajstić information content (AvgIpc) is 3.36. The predicted molar refractivity (Wildman–Crippen MR) is 119 cm³/mol. The van der Waals surface area contributed by atoms with E-state index in [1.165, 1.54) is 48.3 Å². The molecule has 2 aromatic carbocycles. The Balaban J connectivity index is 1.87. The van der Waals surface area contributed by atoms with Crippen LogP contribution in [0.1, 0.15) is 11.3 Å². The third kappa shape index (κ3) is 4.56. The van der Waals surface area contributed by atoms with Gasteiger partial charge in [-0.25, -0.2) is 0 Å². The summed E-state index contributed by atoms with van der Waals surface area (Å²) in [5.41, 5.74) is 2.28. The number of furan rings is 1. The van der Waals surface area contributed by atoms with E-state index in [-0.39, 0.29) is 22.1 Å². The van der Waals surface area contributed by atoms with Crippen molar-refractivity contribution in [2.24, 2.45) is 0 Å². The third-order valence-electron chi connectivity index (χ3n) is 5.08. The lowest BCUT2D eigenvalue weighted by molar-refractivity contribution is -0.137. The second kappa shape index (κ2) is 8.85. The highest BCUT2D eigenvalue weighted by Crippen LogP contribution is 2.38. The zero-order valence-electron chi connectivity index (χ0n) is 17.3. The zero-order valence-corrected chi connectivity index (χ0v) is 18.9. The Morgan fingerprint density at radius 1 is 1.18 bits per heavy atom. The summed E-state index contributed by atoms with van der Waals surface area (Å²) in [4.78, 5) is 11.3. The third-order valence-corrected chi connectivity index (χ3v) is 7.06. The zero-order chi connectivity index (χ0) is 23.8. The van der Waals surface area contributed by atoms with E-state index in [0.29, 0.717) is 27.6 Å². The maximum Gasteiger partial charge on any atom is 0.341 e. The largest absolute Gasteiger partial charge is 0.772 e. The number of fused-ring (bicyclic) bond motifs is 1. The number of nitrogens with zero attached hydrogens (tertiary/aromatic N) is 1. The van der Waals surface area contributed by atoms with Gasteiger partial charge in [-0.2, -0.15) is 8.42 Å². The number of aromatic nitrogens is 1. The molecule has 2 heterocycles. The monoisotopic (exact) mass is 488 g/mol. The molecule has 0 radical (unpaired) electrons. The van der Waals surface area contributed by atoms with Crippen LogP contribution in [-0.2, 0) is 38.3 Å². The van der Waals surface area contributed by atoms with Crippen LogP contribution in [0.15, 0.2) is 70.4 Å².